The van der Waals surface area contributed by atoms with Gasteiger partial charge in [0.05, 0.1) is 17.7 Å². The van der Waals surface area contributed by atoms with E-state index in [0.29, 0.717) is 5.56 Å². The lowest BCUT2D eigenvalue weighted by Gasteiger charge is -2.11. The summed E-state index contributed by atoms with van der Waals surface area (Å²) in [5.74, 6) is 0.0866. The Morgan fingerprint density at radius 1 is 1.37 bits per heavy atom. The molecule has 4 nitrogen and oxygen atoms in total. The van der Waals surface area contributed by atoms with E-state index < -0.39 is 0 Å². The number of hydrogen-bond donors (Lipinski definition) is 2. The first kappa shape index (κ1) is 13.5. The number of aromatic nitrogens is 1. The van der Waals surface area contributed by atoms with E-state index in [1.165, 1.54) is 0 Å². The van der Waals surface area contributed by atoms with Crippen molar-refractivity contribution in [3.63, 3.8) is 0 Å². The number of aliphatic hydroxyl groups excluding tert-OH is 1. The second kappa shape index (κ2) is 5.80. The van der Waals surface area contributed by atoms with Crippen LogP contribution >= 0.6 is 0 Å². The Balaban J connectivity index is 2.53. The summed E-state index contributed by atoms with van der Waals surface area (Å²) < 4.78 is 0. The third-order valence-corrected chi connectivity index (χ3v) is 2.97. The molecule has 4 heteroatoms. The van der Waals surface area contributed by atoms with Crippen molar-refractivity contribution in [2.75, 3.05) is 13.2 Å². The number of carbonyl (C=O) groups is 1. The van der Waals surface area contributed by atoms with E-state index in [9.17, 15) is 4.79 Å². The first-order chi connectivity index (χ1) is 9.13. The van der Waals surface area contributed by atoms with Crippen LogP contribution in [0.1, 0.15) is 35.8 Å². The van der Waals surface area contributed by atoms with Gasteiger partial charge in [0.15, 0.2) is 0 Å². The number of pyridine rings is 1. The topological polar surface area (TPSA) is 62.2 Å². The number of hydrogen-bond acceptors (Lipinski definition) is 3. The van der Waals surface area contributed by atoms with Crippen molar-refractivity contribution >= 4 is 16.8 Å². The molecule has 0 bridgehead atoms. The van der Waals surface area contributed by atoms with E-state index in [1.54, 1.807) is 0 Å². The first-order valence-corrected chi connectivity index (χ1v) is 6.42. The largest absolute Gasteiger partial charge is 0.395 e. The lowest BCUT2D eigenvalue weighted by Crippen LogP contribution is -2.26. The monoisotopic (exact) mass is 258 g/mol. The van der Waals surface area contributed by atoms with Crippen LogP contribution < -0.4 is 5.32 Å². The standard InChI is InChI=1S/C15H18N2O2/c1-10(2)14-9-12(15(19)16-7-8-18)11-5-3-4-6-13(11)17-14/h3-6,9-10,18H,7-8H2,1-2H3,(H,16,19). The zero-order chi connectivity index (χ0) is 13.8. The van der Waals surface area contributed by atoms with E-state index in [4.69, 9.17) is 5.11 Å². The molecule has 19 heavy (non-hydrogen) atoms. The van der Waals surface area contributed by atoms with Gasteiger partial charge >= 0.3 is 0 Å². The minimum absolute atomic E-state index is 0.0637. The molecule has 100 valence electrons. The number of aliphatic hydroxyl groups is 1. The SMILES string of the molecule is CC(C)c1cc(C(=O)NCCO)c2ccccc2n1. The normalized spacial score (nSPS) is 10.9. The number of carbonyl (C=O) groups excluding carboxylic acids is 1. The van der Waals surface area contributed by atoms with Gasteiger partial charge in [-0.05, 0) is 18.1 Å². The Morgan fingerprint density at radius 2 is 2.11 bits per heavy atom. The summed E-state index contributed by atoms with van der Waals surface area (Å²) in [5, 5.41) is 12.3. The molecule has 0 aliphatic heterocycles. The fourth-order valence-electron chi connectivity index (χ4n) is 1.94. The molecule has 1 heterocycles. The van der Waals surface area contributed by atoms with Gasteiger partial charge in [0.2, 0.25) is 0 Å². The molecular weight excluding hydrogens is 240 g/mol. The molecule has 1 amide bonds. The Labute approximate surface area is 112 Å². The average Bonchev–Trinajstić information content (AvgIpc) is 2.43. The zero-order valence-corrected chi connectivity index (χ0v) is 11.2. The van der Waals surface area contributed by atoms with Crippen LogP contribution in [0, 0.1) is 0 Å². The molecule has 2 N–H and O–H groups in total. The van der Waals surface area contributed by atoms with Gasteiger partial charge in [0, 0.05) is 17.6 Å². The maximum Gasteiger partial charge on any atom is 0.252 e. The molecule has 0 atom stereocenters. The minimum atomic E-state index is -0.172. The Kier molecular flexibility index (Phi) is 4.12. The van der Waals surface area contributed by atoms with Crippen LogP contribution in [0.2, 0.25) is 0 Å². The van der Waals surface area contributed by atoms with Crippen molar-refractivity contribution in [2.45, 2.75) is 19.8 Å². The van der Waals surface area contributed by atoms with Crippen LogP contribution in [0.25, 0.3) is 10.9 Å². The molecule has 0 aliphatic carbocycles. The van der Waals surface area contributed by atoms with Gasteiger partial charge < -0.3 is 10.4 Å². The quantitative estimate of drug-likeness (QED) is 0.882. The van der Waals surface area contributed by atoms with Gasteiger partial charge in [-0.3, -0.25) is 9.78 Å². The van der Waals surface area contributed by atoms with Crippen LogP contribution in [0.5, 0.6) is 0 Å². The Hall–Kier alpha value is -1.94. The molecule has 0 unspecified atom stereocenters. The average molecular weight is 258 g/mol. The fraction of sp³-hybridized carbons (Fsp3) is 0.333. The molecule has 2 aromatic rings. The van der Waals surface area contributed by atoms with Gasteiger partial charge in [-0.1, -0.05) is 32.0 Å². The highest BCUT2D eigenvalue weighted by atomic mass is 16.3. The van der Waals surface area contributed by atoms with Crippen LogP contribution in [0.4, 0.5) is 0 Å². The lowest BCUT2D eigenvalue weighted by molar-refractivity contribution is 0.0946. The minimum Gasteiger partial charge on any atom is -0.395 e. The third kappa shape index (κ3) is 2.90. The van der Waals surface area contributed by atoms with Gasteiger partial charge in [-0.2, -0.15) is 0 Å². The van der Waals surface area contributed by atoms with Crippen LogP contribution in [-0.2, 0) is 0 Å². The van der Waals surface area contributed by atoms with Crippen molar-refractivity contribution in [1.29, 1.82) is 0 Å². The second-order valence-corrected chi connectivity index (χ2v) is 4.75. The number of benzene rings is 1. The summed E-state index contributed by atoms with van der Waals surface area (Å²) in [6.45, 7) is 4.29. The highest BCUT2D eigenvalue weighted by Crippen LogP contribution is 2.22. The predicted octanol–water partition coefficient (Wildman–Crippen LogP) is 2.08. The van der Waals surface area contributed by atoms with E-state index in [-0.39, 0.29) is 25.0 Å². The van der Waals surface area contributed by atoms with E-state index in [1.807, 2.05) is 44.2 Å². The first-order valence-electron chi connectivity index (χ1n) is 6.42. The molecule has 1 aromatic heterocycles. The summed E-state index contributed by atoms with van der Waals surface area (Å²) in [6, 6.07) is 9.43. The van der Waals surface area contributed by atoms with E-state index >= 15 is 0 Å². The molecule has 0 radical (unpaired) electrons. The second-order valence-electron chi connectivity index (χ2n) is 4.75. The molecule has 1 aromatic carbocycles. The highest BCUT2D eigenvalue weighted by molar-refractivity contribution is 6.06. The maximum absolute atomic E-state index is 12.1. The summed E-state index contributed by atoms with van der Waals surface area (Å²) >= 11 is 0. The molecule has 0 saturated carbocycles. The number of amides is 1. The third-order valence-electron chi connectivity index (χ3n) is 2.97. The van der Waals surface area contributed by atoms with E-state index in [0.717, 1.165) is 16.6 Å². The highest BCUT2D eigenvalue weighted by Gasteiger charge is 2.13. The summed E-state index contributed by atoms with van der Waals surface area (Å²) in [5.41, 5.74) is 2.33. The van der Waals surface area contributed by atoms with E-state index in [2.05, 4.69) is 10.3 Å². The lowest BCUT2D eigenvalue weighted by atomic mass is 10.0. The van der Waals surface area contributed by atoms with Gasteiger partial charge in [0.1, 0.15) is 0 Å². The molecule has 2 rings (SSSR count). The summed E-state index contributed by atoms with van der Waals surface area (Å²) in [4.78, 5) is 16.7. The van der Waals surface area contributed by atoms with Crippen LogP contribution in [0.3, 0.4) is 0 Å². The Morgan fingerprint density at radius 3 is 2.79 bits per heavy atom. The smallest absolute Gasteiger partial charge is 0.252 e. The molecular formula is C15H18N2O2. The zero-order valence-electron chi connectivity index (χ0n) is 11.2. The van der Waals surface area contributed by atoms with Crippen LogP contribution in [0.15, 0.2) is 30.3 Å². The Bertz CT molecular complexity index is 594. The molecule has 0 spiro atoms. The summed E-state index contributed by atoms with van der Waals surface area (Å²) in [6.07, 6.45) is 0. The van der Waals surface area contributed by atoms with Crippen molar-refractivity contribution in [3.05, 3.63) is 41.6 Å². The maximum atomic E-state index is 12.1. The number of nitrogens with zero attached hydrogens (tertiary/aromatic N) is 1. The van der Waals surface area contributed by atoms with Gasteiger partial charge in [-0.25, -0.2) is 0 Å². The van der Waals surface area contributed by atoms with Gasteiger partial charge in [0.25, 0.3) is 5.91 Å². The van der Waals surface area contributed by atoms with Crippen molar-refractivity contribution < 1.29 is 9.90 Å². The number of para-hydroxylation sites is 1. The predicted molar refractivity (Wildman–Crippen MR) is 75.3 cm³/mol. The molecule has 0 aliphatic rings. The van der Waals surface area contributed by atoms with Crippen molar-refractivity contribution in [1.82, 2.24) is 10.3 Å². The van der Waals surface area contributed by atoms with Gasteiger partial charge in [-0.15, -0.1) is 0 Å². The van der Waals surface area contributed by atoms with Crippen molar-refractivity contribution in [3.8, 4) is 0 Å². The number of nitrogens with one attached hydrogen (secondary N) is 1. The number of fused-ring (bicyclic) bond motifs is 1. The fourth-order valence-corrected chi connectivity index (χ4v) is 1.94. The van der Waals surface area contributed by atoms with Crippen LogP contribution in [-0.4, -0.2) is 29.1 Å². The summed E-state index contributed by atoms with van der Waals surface area (Å²) in [7, 11) is 0. The molecule has 0 fully saturated rings. The van der Waals surface area contributed by atoms with Crippen molar-refractivity contribution in [2.24, 2.45) is 0 Å². The number of rotatable bonds is 4. The molecule has 0 saturated heterocycles.